The predicted molar refractivity (Wildman–Crippen MR) is 119 cm³/mol. The Morgan fingerprint density at radius 1 is 1.16 bits per heavy atom. The van der Waals surface area contributed by atoms with Crippen molar-refractivity contribution in [1.29, 1.82) is 0 Å². The lowest BCUT2D eigenvalue weighted by Gasteiger charge is -2.29. The molecule has 0 spiro atoms. The zero-order valence-electron chi connectivity index (χ0n) is 16.8. The molecule has 0 fully saturated rings. The number of hydrogen-bond acceptors (Lipinski definition) is 7. The molecule has 0 unspecified atom stereocenters. The normalized spacial score (nSPS) is 12.4. The first-order valence-electron chi connectivity index (χ1n) is 9.46. The number of amides is 2. The molecule has 0 bridgehead atoms. The van der Waals surface area contributed by atoms with E-state index in [0.29, 0.717) is 28.8 Å². The lowest BCUT2D eigenvalue weighted by molar-refractivity contribution is -0.116. The average molecular weight is 416 g/mol. The van der Waals surface area contributed by atoms with Crippen LogP contribution in [0.1, 0.15) is 0 Å². The molecule has 1 aliphatic heterocycles. The molecule has 3 aromatic rings. The van der Waals surface area contributed by atoms with Gasteiger partial charge in [-0.2, -0.15) is 4.98 Å². The summed E-state index contributed by atoms with van der Waals surface area (Å²) in [5.41, 5.74) is 2.65. The number of benzene rings is 2. The minimum Gasteiger partial charge on any atom is -0.497 e. The van der Waals surface area contributed by atoms with E-state index in [1.807, 2.05) is 24.3 Å². The van der Waals surface area contributed by atoms with Gasteiger partial charge < -0.3 is 20.7 Å². The Morgan fingerprint density at radius 3 is 2.55 bits per heavy atom. The van der Waals surface area contributed by atoms with Crippen LogP contribution in [0.3, 0.4) is 0 Å². The molecular weight excluding hydrogens is 396 g/mol. The molecule has 0 radical (unpaired) electrons. The smallest absolute Gasteiger partial charge is 0.252 e. The maximum atomic E-state index is 12.7. The number of anilines is 6. The van der Waals surface area contributed by atoms with Gasteiger partial charge in [0.05, 0.1) is 31.2 Å². The Morgan fingerprint density at radius 2 is 1.87 bits per heavy atom. The summed E-state index contributed by atoms with van der Waals surface area (Å²) in [4.78, 5) is 34.6. The van der Waals surface area contributed by atoms with E-state index in [1.165, 1.54) is 11.0 Å². The Kier molecular flexibility index (Phi) is 5.48. The van der Waals surface area contributed by atoms with Crippen LogP contribution in [0.25, 0.3) is 0 Å². The molecular formula is C22H20N6O3. The zero-order chi connectivity index (χ0) is 21.8. The van der Waals surface area contributed by atoms with Gasteiger partial charge in [0.2, 0.25) is 11.9 Å². The predicted octanol–water partition coefficient (Wildman–Crippen LogP) is 3.44. The van der Waals surface area contributed by atoms with Gasteiger partial charge >= 0.3 is 0 Å². The van der Waals surface area contributed by atoms with E-state index in [4.69, 9.17) is 4.74 Å². The van der Waals surface area contributed by atoms with Gasteiger partial charge in [-0.05, 0) is 54.6 Å². The molecule has 0 aliphatic carbocycles. The minimum atomic E-state index is -0.307. The SMILES string of the molecule is C=CC(=O)Nc1ccc(N2C(=O)CNc3cnc(Nc4ccc(OC)cc4)nc32)cc1. The van der Waals surface area contributed by atoms with Crippen LogP contribution < -0.4 is 25.6 Å². The number of carbonyl (C=O) groups excluding carboxylic acids is 2. The third-order valence-corrected chi connectivity index (χ3v) is 4.58. The van der Waals surface area contributed by atoms with Crippen LogP contribution in [0.15, 0.2) is 67.4 Å². The number of methoxy groups -OCH3 is 1. The van der Waals surface area contributed by atoms with Crippen LogP contribution in [-0.4, -0.2) is 35.4 Å². The van der Waals surface area contributed by atoms with Crippen molar-refractivity contribution in [2.75, 3.05) is 34.5 Å². The van der Waals surface area contributed by atoms with Crippen LogP contribution in [0.5, 0.6) is 5.75 Å². The fourth-order valence-corrected chi connectivity index (χ4v) is 3.05. The summed E-state index contributed by atoms with van der Waals surface area (Å²) >= 11 is 0. The van der Waals surface area contributed by atoms with Crippen molar-refractivity contribution in [2.45, 2.75) is 0 Å². The standard InChI is InChI=1S/C22H20N6O3/c1-3-19(29)25-14-4-8-16(9-5-14)28-20(30)13-23-18-12-24-22(27-21(18)28)26-15-6-10-17(31-2)11-7-15/h3-12,23H,1,13H2,2H3,(H,25,29)(H,24,26,27). The molecule has 0 saturated heterocycles. The molecule has 0 saturated carbocycles. The molecule has 2 aromatic carbocycles. The van der Waals surface area contributed by atoms with Gasteiger partial charge in [-0.1, -0.05) is 6.58 Å². The van der Waals surface area contributed by atoms with Crippen molar-refractivity contribution in [2.24, 2.45) is 0 Å². The number of nitrogens with zero attached hydrogens (tertiary/aromatic N) is 3. The molecule has 2 heterocycles. The second kappa shape index (κ2) is 8.54. The second-order valence-corrected chi connectivity index (χ2v) is 6.61. The van der Waals surface area contributed by atoms with Gasteiger partial charge in [-0.3, -0.25) is 14.5 Å². The van der Waals surface area contributed by atoms with Crippen LogP contribution in [0.2, 0.25) is 0 Å². The van der Waals surface area contributed by atoms with Crippen molar-refractivity contribution < 1.29 is 14.3 Å². The van der Waals surface area contributed by atoms with E-state index in [9.17, 15) is 9.59 Å². The first kappa shape index (κ1) is 19.9. The van der Waals surface area contributed by atoms with Gasteiger partial charge in [-0.25, -0.2) is 4.98 Å². The number of fused-ring (bicyclic) bond motifs is 1. The molecule has 4 rings (SSSR count). The zero-order valence-corrected chi connectivity index (χ0v) is 16.8. The van der Waals surface area contributed by atoms with E-state index in [1.54, 1.807) is 37.6 Å². The first-order valence-corrected chi connectivity index (χ1v) is 9.46. The van der Waals surface area contributed by atoms with Crippen LogP contribution in [-0.2, 0) is 9.59 Å². The van der Waals surface area contributed by atoms with E-state index in [2.05, 4.69) is 32.5 Å². The van der Waals surface area contributed by atoms with Crippen LogP contribution in [0, 0.1) is 0 Å². The number of hydrogen-bond donors (Lipinski definition) is 3. The Labute approximate surface area is 178 Å². The van der Waals surface area contributed by atoms with Gasteiger partial charge in [0.15, 0.2) is 5.82 Å². The lowest BCUT2D eigenvalue weighted by Crippen LogP contribution is -2.37. The molecule has 1 aromatic heterocycles. The van der Waals surface area contributed by atoms with Crippen molar-refractivity contribution in [3.63, 3.8) is 0 Å². The quantitative estimate of drug-likeness (QED) is 0.528. The molecule has 1 aliphatic rings. The third-order valence-electron chi connectivity index (χ3n) is 4.58. The number of nitrogens with one attached hydrogen (secondary N) is 3. The number of ether oxygens (including phenoxy) is 1. The van der Waals surface area contributed by atoms with E-state index >= 15 is 0 Å². The fraction of sp³-hybridized carbons (Fsp3) is 0.0909. The highest BCUT2D eigenvalue weighted by molar-refractivity contribution is 6.07. The summed E-state index contributed by atoms with van der Waals surface area (Å²) < 4.78 is 5.17. The van der Waals surface area contributed by atoms with E-state index in [-0.39, 0.29) is 18.4 Å². The van der Waals surface area contributed by atoms with Crippen molar-refractivity contribution in [1.82, 2.24) is 9.97 Å². The van der Waals surface area contributed by atoms with Crippen molar-refractivity contribution in [3.05, 3.63) is 67.4 Å². The number of rotatable bonds is 6. The molecule has 2 amide bonds. The van der Waals surface area contributed by atoms with Gasteiger partial charge in [0, 0.05) is 11.4 Å². The average Bonchev–Trinajstić information content (AvgIpc) is 2.80. The van der Waals surface area contributed by atoms with Gasteiger partial charge in [0.25, 0.3) is 5.91 Å². The highest BCUT2D eigenvalue weighted by Crippen LogP contribution is 2.34. The topological polar surface area (TPSA) is 108 Å². The summed E-state index contributed by atoms with van der Waals surface area (Å²) in [6.45, 7) is 3.55. The molecule has 156 valence electrons. The Balaban J connectivity index is 1.62. The van der Waals surface area contributed by atoms with E-state index < -0.39 is 0 Å². The fourth-order valence-electron chi connectivity index (χ4n) is 3.05. The molecule has 0 atom stereocenters. The Hall–Kier alpha value is -4.40. The summed E-state index contributed by atoms with van der Waals surface area (Å²) in [6, 6.07) is 14.2. The number of aromatic nitrogens is 2. The van der Waals surface area contributed by atoms with Crippen molar-refractivity contribution >= 4 is 46.3 Å². The highest BCUT2D eigenvalue weighted by Gasteiger charge is 2.27. The monoisotopic (exact) mass is 416 g/mol. The summed E-state index contributed by atoms with van der Waals surface area (Å²) in [5, 5.41) is 8.84. The molecule has 9 nitrogen and oxygen atoms in total. The molecule has 31 heavy (non-hydrogen) atoms. The van der Waals surface area contributed by atoms with Crippen LogP contribution in [0.4, 0.5) is 34.5 Å². The maximum Gasteiger partial charge on any atom is 0.252 e. The molecule has 3 N–H and O–H groups in total. The summed E-state index contributed by atoms with van der Waals surface area (Å²) in [7, 11) is 1.60. The first-order chi connectivity index (χ1) is 15.1. The minimum absolute atomic E-state index is 0.122. The van der Waals surface area contributed by atoms with Gasteiger partial charge in [0.1, 0.15) is 5.75 Å². The highest BCUT2D eigenvalue weighted by atomic mass is 16.5. The third kappa shape index (κ3) is 4.30. The van der Waals surface area contributed by atoms with Gasteiger partial charge in [-0.15, -0.1) is 0 Å². The van der Waals surface area contributed by atoms with E-state index in [0.717, 1.165) is 11.4 Å². The maximum absolute atomic E-state index is 12.7. The Bertz CT molecular complexity index is 1130. The second-order valence-electron chi connectivity index (χ2n) is 6.61. The largest absolute Gasteiger partial charge is 0.497 e. The summed E-state index contributed by atoms with van der Waals surface area (Å²) in [6.07, 6.45) is 2.82. The van der Waals surface area contributed by atoms with Crippen LogP contribution >= 0.6 is 0 Å². The lowest BCUT2D eigenvalue weighted by atomic mass is 10.2. The number of carbonyl (C=O) groups is 2. The molecule has 9 heteroatoms. The van der Waals surface area contributed by atoms with Crippen molar-refractivity contribution in [3.8, 4) is 5.75 Å². The summed E-state index contributed by atoms with van der Waals surface area (Å²) in [5.74, 6) is 1.05.